The summed E-state index contributed by atoms with van der Waals surface area (Å²) in [4.78, 5) is 2.17. The van der Waals surface area contributed by atoms with Gasteiger partial charge in [-0.05, 0) is 58.1 Å². The minimum absolute atomic E-state index is 0.220. The molecule has 2 heterocycles. The Labute approximate surface area is 151 Å². The molecular formula is C19H27BN2O3. The monoisotopic (exact) mass is 342 g/mol. The Morgan fingerprint density at radius 1 is 1.12 bits per heavy atom. The number of likely N-dealkylation sites (tertiary alicyclic amines) is 1. The number of nitriles is 1. The molecule has 0 bridgehead atoms. The molecule has 0 N–H and O–H groups in total. The Hall–Kier alpha value is -1.55. The zero-order valence-electron chi connectivity index (χ0n) is 15.6. The second kappa shape index (κ2) is 6.99. The van der Waals surface area contributed by atoms with Gasteiger partial charge in [-0.25, -0.2) is 0 Å². The Bertz CT molecular complexity index is 615. The topological polar surface area (TPSA) is 54.7 Å². The van der Waals surface area contributed by atoms with Gasteiger partial charge in [0.25, 0.3) is 0 Å². The van der Waals surface area contributed by atoms with Gasteiger partial charge in [-0.2, -0.15) is 5.26 Å². The highest BCUT2D eigenvalue weighted by molar-refractivity contribution is 6.62. The molecule has 0 aromatic heterocycles. The predicted molar refractivity (Wildman–Crippen MR) is 97.9 cm³/mol. The van der Waals surface area contributed by atoms with Crippen LogP contribution in [0.1, 0.15) is 40.5 Å². The molecule has 0 radical (unpaired) electrons. The van der Waals surface area contributed by atoms with E-state index in [0.717, 1.165) is 37.1 Å². The summed E-state index contributed by atoms with van der Waals surface area (Å²) in [7, 11) is -0.340. The normalized spacial score (nSPS) is 23.4. The highest BCUT2D eigenvalue weighted by atomic mass is 16.7. The van der Waals surface area contributed by atoms with Crippen molar-refractivity contribution in [1.82, 2.24) is 4.90 Å². The van der Waals surface area contributed by atoms with E-state index in [2.05, 4.69) is 38.7 Å². The zero-order chi connectivity index (χ0) is 18.1. The summed E-state index contributed by atoms with van der Waals surface area (Å²) in [6.07, 6.45) is 2.14. The van der Waals surface area contributed by atoms with Crippen LogP contribution in [-0.4, -0.2) is 49.0 Å². The van der Waals surface area contributed by atoms with Gasteiger partial charge in [-0.15, -0.1) is 0 Å². The van der Waals surface area contributed by atoms with Gasteiger partial charge in [0.1, 0.15) is 11.9 Å². The number of rotatable bonds is 4. The molecule has 0 spiro atoms. The van der Waals surface area contributed by atoms with Crippen LogP contribution in [0.4, 0.5) is 0 Å². The SMILES string of the molecule is CC1(C)OB(c2ccc(OC3CCN(CC#N)CC3)cc2)OC1(C)C. The summed E-state index contributed by atoms with van der Waals surface area (Å²) >= 11 is 0. The van der Waals surface area contributed by atoms with Crippen molar-refractivity contribution >= 4 is 12.6 Å². The van der Waals surface area contributed by atoms with Crippen molar-refractivity contribution in [2.75, 3.05) is 19.6 Å². The second-order valence-corrected chi connectivity index (χ2v) is 7.91. The maximum Gasteiger partial charge on any atom is 0.494 e. The van der Waals surface area contributed by atoms with E-state index in [1.165, 1.54) is 0 Å². The maximum absolute atomic E-state index is 8.76. The predicted octanol–water partition coefficient (Wildman–Crippen LogP) is 2.35. The summed E-state index contributed by atoms with van der Waals surface area (Å²) in [5, 5.41) is 8.76. The van der Waals surface area contributed by atoms with Crippen molar-refractivity contribution in [3.05, 3.63) is 24.3 Å². The third-order valence-electron chi connectivity index (χ3n) is 5.54. The first kappa shape index (κ1) is 18.3. The fourth-order valence-electron chi connectivity index (χ4n) is 3.16. The Morgan fingerprint density at radius 2 is 1.68 bits per heavy atom. The minimum atomic E-state index is -0.340. The lowest BCUT2D eigenvalue weighted by molar-refractivity contribution is 0.00578. The van der Waals surface area contributed by atoms with Crippen molar-refractivity contribution in [1.29, 1.82) is 5.26 Å². The molecule has 2 saturated heterocycles. The number of nitrogens with zero attached hydrogens (tertiary/aromatic N) is 2. The molecule has 5 nitrogen and oxygen atoms in total. The van der Waals surface area contributed by atoms with Crippen LogP contribution >= 0.6 is 0 Å². The number of benzene rings is 1. The molecule has 134 valence electrons. The second-order valence-electron chi connectivity index (χ2n) is 7.91. The fourth-order valence-corrected chi connectivity index (χ4v) is 3.16. The molecule has 2 aliphatic heterocycles. The third-order valence-corrected chi connectivity index (χ3v) is 5.54. The lowest BCUT2D eigenvalue weighted by atomic mass is 9.79. The average molecular weight is 342 g/mol. The summed E-state index contributed by atoms with van der Waals surface area (Å²) in [5.74, 6) is 0.874. The Balaban J connectivity index is 1.56. The zero-order valence-corrected chi connectivity index (χ0v) is 15.6. The first-order chi connectivity index (χ1) is 11.8. The van der Waals surface area contributed by atoms with Gasteiger partial charge in [-0.1, -0.05) is 12.1 Å². The van der Waals surface area contributed by atoms with Crippen molar-refractivity contribution in [2.45, 2.75) is 57.8 Å². The van der Waals surface area contributed by atoms with Gasteiger partial charge in [-0.3, -0.25) is 4.90 Å². The van der Waals surface area contributed by atoms with Crippen LogP contribution in [0.15, 0.2) is 24.3 Å². The quantitative estimate of drug-likeness (QED) is 0.621. The third kappa shape index (κ3) is 4.00. The van der Waals surface area contributed by atoms with Crippen molar-refractivity contribution in [3.8, 4) is 11.8 Å². The van der Waals surface area contributed by atoms with E-state index in [9.17, 15) is 0 Å². The van der Waals surface area contributed by atoms with Gasteiger partial charge in [0.05, 0.1) is 23.8 Å². The van der Waals surface area contributed by atoms with Gasteiger partial charge in [0.2, 0.25) is 0 Å². The molecule has 3 rings (SSSR count). The number of hydrogen-bond donors (Lipinski definition) is 0. The fraction of sp³-hybridized carbons (Fsp3) is 0.632. The molecule has 0 aliphatic carbocycles. The Morgan fingerprint density at radius 3 is 2.20 bits per heavy atom. The summed E-state index contributed by atoms with van der Waals surface area (Å²) in [5.41, 5.74) is 0.351. The Kier molecular flexibility index (Phi) is 5.10. The van der Waals surface area contributed by atoms with Gasteiger partial charge in [0, 0.05) is 13.1 Å². The molecule has 0 saturated carbocycles. The summed E-state index contributed by atoms with van der Waals surface area (Å²) in [6, 6.07) is 10.2. The van der Waals surface area contributed by atoms with E-state index < -0.39 is 0 Å². The molecule has 0 atom stereocenters. The average Bonchev–Trinajstić information content (AvgIpc) is 2.78. The molecule has 0 amide bonds. The van der Waals surface area contributed by atoms with Crippen LogP contribution in [-0.2, 0) is 9.31 Å². The lowest BCUT2D eigenvalue weighted by Gasteiger charge is -2.32. The molecule has 2 aliphatic rings. The van der Waals surface area contributed by atoms with Crippen molar-refractivity contribution < 1.29 is 14.0 Å². The highest BCUT2D eigenvalue weighted by Crippen LogP contribution is 2.36. The maximum atomic E-state index is 8.76. The van der Waals surface area contributed by atoms with Gasteiger partial charge in [0.15, 0.2) is 0 Å². The van der Waals surface area contributed by atoms with E-state index in [0.29, 0.717) is 6.54 Å². The molecule has 2 fully saturated rings. The van der Waals surface area contributed by atoms with Crippen LogP contribution in [0.25, 0.3) is 0 Å². The molecule has 6 heteroatoms. The standard InChI is InChI=1S/C19H27BN2O3/c1-18(2)19(3,4)25-20(24-18)15-5-7-16(8-6-15)23-17-9-12-22(13-10-17)14-11-21/h5-8,17H,9-10,12-14H2,1-4H3. The first-order valence-corrected chi connectivity index (χ1v) is 9.02. The van der Waals surface area contributed by atoms with E-state index >= 15 is 0 Å². The largest absolute Gasteiger partial charge is 0.494 e. The van der Waals surface area contributed by atoms with Crippen LogP contribution in [0, 0.1) is 11.3 Å². The summed E-state index contributed by atoms with van der Waals surface area (Å²) in [6.45, 7) is 10.6. The number of ether oxygens (including phenoxy) is 1. The molecule has 25 heavy (non-hydrogen) atoms. The van der Waals surface area contributed by atoms with E-state index in [4.69, 9.17) is 19.3 Å². The van der Waals surface area contributed by atoms with Crippen LogP contribution in [0.2, 0.25) is 0 Å². The molecule has 0 unspecified atom stereocenters. The molecular weight excluding hydrogens is 315 g/mol. The van der Waals surface area contributed by atoms with E-state index in [1.54, 1.807) is 0 Å². The molecule has 1 aromatic carbocycles. The minimum Gasteiger partial charge on any atom is -0.490 e. The van der Waals surface area contributed by atoms with Gasteiger partial charge >= 0.3 is 7.12 Å². The molecule has 1 aromatic rings. The summed E-state index contributed by atoms with van der Waals surface area (Å²) < 4.78 is 18.2. The van der Waals surface area contributed by atoms with Crippen molar-refractivity contribution in [3.63, 3.8) is 0 Å². The van der Waals surface area contributed by atoms with Crippen LogP contribution < -0.4 is 10.2 Å². The van der Waals surface area contributed by atoms with Crippen molar-refractivity contribution in [2.24, 2.45) is 0 Å². The van der Waals surface area contributed by atoms with E-state index in [-0.39, 0.29) is 24.4 Å². The highest BCUT2D eigenvalue weighted by Gasteiger charge is 2.51. The van der Waals surface area contributed by atoms with Crippen LogP contribution in [0.5, 0.6) is 5.75 Å². The smallest absolute Gasteiger partial charge is 0.490 e. The number of hydrogen-bond acceptors (Lipinski definition) is 5. The number of piperidine rings is 1. The van der Waals surface area contributed by atoms with Crippen LogP contribution in [0.3, 0.4) is 0 Å². The van der Waals surface area contributed by atoms with Gasteiger partial charge < -0.3 is 14.0 Å². The van der Waals surface area contributed by atoms with E-state index in [1.807, 2.05) is 24.3 Å². The first-order valence-electron chi connectivity index (χ1n) is 9.02. The lowest BCUT2D eigenvalue weighted by Crippen LogP contribution is -2.41.